The molecule has 1 aliphatic carbocycles. The number of carbonyl (C=O) groups is 4. The Kier molecular flexibility index (Phi) is 5.84. The van der Waals surface area contributed by atoms with Crippen LogP contribution in [0.1, 0.15) is 26.2 Å². The summed E-state index contributed by atoms with van der Waals surface area (Å²) in [4.78, 5) is 54.4. The van der Waals surface area contributed by atoms with Gasteiger partial charge in [-0.2, -0.15) is 0 Å². The standard InChI is InChI=1S/C22H29N5O4/c1-22(16-7-8-16)20(30)27(21(31)24-22)15-18(28)23-10-9-19(29)26-13-11-25(12-14-26)17-5-3-2-4-6-17/h2-6,16H,7-15H2,1H3,(H,23,28)(H,24,31). The number of carbonyl (C=O) groups excluding carboxylic acids is 4. The molecule has 1 unspecified atom stereocenters. The van der Waals surface area contributed by atoms with Crippen molar-refractivity contribution in [3.8, 4) is 0 Å². The molecule has 3 fully saturated rings. The fourth-order valence-corrected chi connectivity index (χ4v) is 4.32. The Morgan fingerprint density at radius 3 is 2.42 bits per heavy atom. The zero-order chi connectivity index (χ0) is 22.0. The predicted molar refractivity (Wildman–Crippen MR) is 114 cm³/mol. The van der Waals surface area contributed by atoms with Gasteiger partial charge in [-0.25, -0.2) is 4.79 Å². The van der Waals surface area contributed by atoms with Gasteiger partial charge in [0.1, 0.15) is 12.1 Å². The molecule has 0 bridgehead atoms. The average Bonchev–Trinajstić information content (AvgIpc) is 3.60. The van der Waals surface area contributed by atoms with Gasteiger partial charge in [0.2, 0.25) is 11.8 Å². The third-order valence-corrected chi connectivity index (χ3v) is 6.41. The maximum atomic E-state index is 12.6. The Morgan fingerprint density at radius 1 is 1.10 bits per heavy atom. The maximum Gasteiger partial charge on any atom is 0.325 e. The Bertz CT molecular complexity index is 864. The van der Waals surface area contributed by atoms with Crippen LogP contribution in [0.15, 0.2) is 30.3 Å². The number of benzene rings is 1. The van der Waals surface area contributed by atoms with Gasteiger partial charge in [0, 0.05) is 44.8 Å². The number of amides is 5. The summed E-state index contributed by atoms with van der Waals surface area (Å²) in [5.74, 6) is -0.644. The van der Waals surface area contributed by atoms with Crippen LogP contribution >= 0.6 is 0 Å². The van der Waals surface area contributed by atoms with Crippen LogP contribution in [0.3, 0.4) is 0 Å². The van der Waals surface area contributed by atoms with Crippen LogP contribution in [0.2, 0.25) is 0 Å². The van der Waals surface area contributed by atoms with E-state index in [1.165, 1.54) is 0 Å². The molecule has 9 nitrogen and oxygen atoms in total. The van der Waals surface area contributed by atoms with Crippen molar-refractivity contribution in [3.05, 3.63) is 30.3 Å². The van der Waals surface area contributed by atoms with Crippen LogP contribution in [0, 0.1) is 5.92 Å². The van der Waals surface area contributed by atoms with E-state index in [-0.39, 0.29) is 37.2 Å². The summed E-state index contributed by atoms with van der Waals surface area (Å²) in [6, 6.07) is 9.58. The van der Waals surface area contributed by atoms with Gasteiger partial charge >= 0.3 is 6.03 Å². The molecular formula is C22H29N5O4. The van der Waals surface area contributed by atoms with Crippen LogP contribution < -0.4 is 15.5 Å². The lowest BCUT2D eigenvalue weighted by Crippen LogP contribution is -2.49. The van der Waals surface area contributed by atoms with Crippen LogP contribution in [0.5, 0.6) is 0 Å². The predicted octanol–water partition coefficient (Wildman–Crippen LogP) is 0.562. The third-order valence-electron chi connectivity index (χ3n) is 6.41. The van der Waals surface area contributed by atoms with E-state index in [1.54, 1.807) is 6.92 Å². The first-order valence-corrected chi connectivity index (χ1v) is 10.9. The number of nitrogens with zero attached hydrogens (tertiary/aromatic N) is 3. The first-order valence-electron chi connectivity index (χ1n) is 10.9. The van der Waals surface area contributed by atoms with E-state index in [1.807, 2.05) is 23.1 Å². The maximum absolute atomic E-state index is 12.6. The number of hydrogen-bond acceptors (Lipinski definition) is 5. The zero-order valence-electron chi connectivity index (χ0n) is 17.8. The lowest BCUT2D eigenvalue weighted by atomic mass is 9.96. The third kappa shape index (κ3) is 4.50. The monoisotopic (exact) mass is 427 g/mol. The molecule has 2 saturated heterocycles. The lowest BCUT2D eigenvalue weighted by Gasteiger charge is -2.36. The number of urea groups is 1. The number of hydrogen-bond donors (Lipinski definition) is 2. The molecule has 1 aromatic rings. The molecule has 0 spiro atoms. The first-order chi connectivity index (χ1) is 14.9. The summed E-state index contributed by atoms with van der Waals surface area (Å²) < 4.78 is 0. The van der Waals surface area contributed by atoms with E-state index in [4.69, 9.17) is 0 Å². The summed E-state index contributed by atoms with van der Waals surface area (Å²) in [6.07, 6.45) is 2.01. The molecule has 2 N–H and O–H groups in total. The summed E-state index contributed by atoms with van der Waals surface area (Å²) in [5, 5.41) is 5.38. The largest absolute Gasteiger partial charge is 0.368 e. The number of imide groups is 1. The Morgan fingerprint density at radius 2 is 1.77 bits per heavy atom. The minimum Gasteiger partial charge on any atom is -0.368 e. The topological polar surface area (TPSA) is 102 Å². The molecule has 1 saturated carbocycles. The summed E-state index contributed by atoms with van der Waals surface area (Å²) in [6.45, 7) is 4.41. The minimum absolute atomic E-state index is 0.00990. The number of para-hydroxylation sites is 1. The van der Waals surface area contributed by atoms with Crippen molar-refractivity contribution in [1.82, 2.24) is 20.4 Å². The molecule has 31 heavy (non-hydrogen) atoms. The van der Waals surface area contributed by atoms with E-state index in [9.17, 15) is 19.2 Å². The highest BCUT2D eigenvalue weighted by Gasteiger charge is 2.56. The van der Waals surface area contributed by atoms with Crippen molar-refractivity contribution >= 4 is 29.4 Å². The molecule has 9 heteroatoms. The second-order valence-corrected chi connectivity index (χ2v) is 8.60. The molecule has 1 aromatic carbocycles. The van der Waals surface area contributed by atoms with Crippen LogP contribution in [-0.2, 0) is 14.4 Å². The summed E-state index contributed by atoms with van der Waals surface area (Å²) in [5.41, 5.74) is 0.259. The van der Waals surface area contributed by atoms with E-state index in [2.05, 4.69) is 27.7 Å². The SMILES string of the molecule is CC1(C2CC2)NC(=O)N(CC(=O)NCCC(=O)N2CCN(c3ccccc3)CC2)C1=O. The van der Waals surface area contributed by atoms with Crippen molar-refractivity contribution in [2.24, 2.45) is 5.92 Å². The van der Waals surface area contributed by atoms with Crippen LogP contribution in [0.25, 0.3) is 0 Å². The van der Waals surface area contributed by atoms with Gasteiger partial charge < -0.3 is 20.4 Å². The molecule has 4 rings (SSSR count). The molecule has 0 aromatic heterocycles. The number of rotatable bonds is 7. The van der Waals surface area contributed by atoms with Crippen molar-refractivity contribution < 1.29 is 19.2 Å². The van der Waals surface area contributed by atoms with Gasteiger partial charge in [0.15, 0.2) is 0 Å². The van der Waals surface area contributed by atoms with Gasteiger partial charge in [0.25, 0.3) is 5.91 Å². The van der Waals surface area contributed by atoms with Gasteiger partial charge in [-0.05, 0) is 37.8 Å². The molecule has 2 aliphatic heterocycles. The van der Waals surface area contributed by atoms with E-state index < -0.39 is 17.5 Å². The fraction of sp³-hybridized carbons (Fsp3) is 0.545. The molecule has 2 heterocycles. The van der Waals surface area contributed by atoms with E-state index in [0.29, 0.717) is 13.1 Å². The van der Waals surface area contributed by atoms with Gasteiger partial charge in [-0.3, -0.25) is 19.3 Å². The molecule has 0 radical (unpaired) electrons. The van der Waals surface area contributed by atoms with E-state index >= 15 is 0 Å². The van der Waals surface area contributed by atoms with Gasteiger partial charge in [-0.15, -0.1) is 0 Å². The van der Waals surface area contributed by atoms with Gasteiger partial charge in [0.05, 0.1) is 0 Å². The van der Waals surface area contributed by atoms with Crippen molar-refractivity contribution in [2.45, 2.75) is 31.7 Å². The Hall–Kier alpha value is -3.10. The molecular weight excluding hydrogens is 398 g/mol. The van der Waals surface area contributed by atoms with Crippen LogP contribution in [0.4, 0.5) is 10.5 Å². The number of nitrogens with one attached hydrogen (secondary N) is 2. The second-order valence-electron chi connectivity index (χ2n) is 8.60. The number of piperazine rings is 1. The highest BCUT2D eigenvalue weighted by atomic mass is 16.2. The Balaban J connectivity index is 1.17. The molecule has 5 amide bonds. The number of anilines is 1. The molecule has 166 valence electrons. The van der Waals surface area contributed by atoms with E-state index in [0.717, 1.165) is 36.5 Å². The highest BCUT2D eigenvalue weighted by molar-refractivity contribution is 6.09. The Labute approximate surface area is 181 Å². The second kappa shape index (κ2) is 8.56. The smallest absolute Gasteiger partial charge is 0.325 e. The lowest BCUT2D eigenvalue weighted by molar-refractivity contribution is -0.135. The molecule has 3 aliphatic rings. The summed E-state index contributed by atoms with van der Waals surface area (Å²) >= 11 is 0. The van der Waals surface area contributed by atoms with Crippen molar-refractivity contribution in [1.29, 1.82) is 0 Å². The van der Waals surface area contributed by atoms with Crippen LogP contribution in [-0.4, -0.2) is 78.4 Å². The minimum atomic E-state index is -0.894. The fourth-order valence-electron chi connectivity index (χ4n) is 4.32. The van der Waals surface area contributed by atoms with Crippen molar-refractivity contribution in [2.75, 3.05) is 44.2 Å². The van der Waals surface area contributed by atoms with Crippen molar-refractivity contribution in [3.63, 3.8) is 0 Å². The highest BCUT2D eigenvalue weighted by Crippen LogP contribution is 2.42. The quantitative estimate of drug-likeness (QED) is 0.619. The summed E-state index contributed by atoms with van der Waals surface area (Å²) in [7, 11) is 0. The average molecular weight is 428 g/mol. The molecule has 1 atom stereocenters. The first kappa shape index (κ1) is 21.1. The normalized spacial score (nSPS) is 23.7. The van der Waals surface area contributed by atoms with Gasteiger partial charge in [-0.1, -0.05) is 18.2 Å². The zero-order valence-corrected chi connectivity index (χ0v) is 17.8.